The second kappa shape index (κ2) is 18.7. The molecule has 2 atom stereocenters. The lowest BCUT2D eigenvalue weighted by Crippen LogP contribution is -2.20. The molecule has 0 radical (unpaired) electrons. The molecule has 0 fully saturated rings. The molecule has 0 saturated carbocycles. The summed E-state index contributed by atoms with van der Waals surface area (Å²) < 4.78 is 11.7. The van der Waals surface area contributed by atoms with E-state index in [0.29, 0.717) is 13.0 Å². The van der Waals surface area contributed by atoms with E-state index in [-0.39, 0.29) is 18.2 Å². The van der Waals surface area contributed by atoms with Gasteiger partial charge in [-0.25, -0.2) is 0 Å². The third-order valence-electron chi connectivity index (χ3n) is 5.84. The molecule has 1 rings (SSSR count). The van der Waals surface area contributed by atoms with Crippen LogP contribution < -0.4 is 0 Å². The molecule has 0 aliphatic rings. The minimum atomic E-state index is -0.693. The Bertz CT molecular complexity index is 601. The maximum atomic E-state index is 11.5. The van der Waals surface area contributed by atoms with Gasteiger partial charge < -0.3 is 14.6 Å². The van der Waals surface area contributed by atoms with E-state index in [4.69, 9.17) is 14.6 Å². The van der Waals surface area contributed by atoms with Crippen LogP contribution in [0.15, 0.2) is 30.3 Å². The van der Waals surface area contributed by atoms with Crippen LogP contribution in [0.25, 0.3) is 0 Å². The van der Waals surface area contributed by atoms with Gasteiger partial charge in [0.15, 0.2) is 0 Å². The number of esters is 1. The number of unbranched alkanes of at least 4 members (excludes halogenated alkanes) is 8. The van der Waals surface area contributed by atoms with Gasteiger partial charge in [0.2, 0.25) is 0 Å². The summed E-state index contributed by atoms with van der Waals surface area (Å²) in [5.74, 6) is -0.891. The molecule has 5 heteroatoms. The third-order valence-corrected chi connectivity index (χ3v) is 5.84. The molecule has 5 nitrogen and oxygen atoms in total. The smallest absolute Gasteiger partial charge is 0.303 e. The van der Waals surface area contributed by atoms with E-state index < -0.39 is 5.97 Å². The zero-order valence-electron chi connectivity index (χ0n) is 20.2. The van der Waals surface area contributed by atoms with Crippen LogP contribution in [0.2, 0.25) is 0 Å². The fourth-order valence-corrected chi connectivity index (χ4v) is 3.95. The van der Waals surface area contributed by atoms with Crippen LogP contribution in [0.1, 0.15) is 109 Å². The molecular weight excluding hydrogens is 404 g/mol. The van der Waals surface area contributed by atoms with Gasteiger partial charge in [0.05, 0.1) is 12.7 Å². The van der Waals surface area contributed by atoms with Crippen molar-refractivity contribution >= 4 is 11.9 Å². The van der Waals surface area contributed by atoms with Gasteiger partial charge in [-0.3, -0.25) is 9.59 Å². The van der Waals surface area contributed by atoms with Crippen LogP contribution >= 0.6 is 0 Å². The fraction of sp³-hybridized carbons (Fsp3) is 0.704. The highest BCUT2D eigenvalue weighted by molar-refractivity contribution is 5.66. The minimum absolute atomic E-state index is 0.0175. The fourth-order valence-electron chi connectivity index (χ4n) is 3.95. The van der Waals surface area contributed by atoms with Crippen molar-refractivity contribution in [3.63, 3.8) is 0 Å². The van der Waals surface area contributed by atoms with Crippen molar-refractivity contribution in [3.8, 4) is 0 Å². The first-order valence-corrected chi connectivity index (χ1v) is 12.6. The van der Waals surface area contributed by atoms with E-state index in [9.17, 15) is 9.59 Å². The lowest BCUT2D eigenvalue weighted by molar-refractivity contribution is -0.147. The van der Waals surface area contributed by atoms with E-state index in [2.05, 4.69) is 19.1 Å². The molecule has 0 aromatic heterocycles. The summed E-state index contributed by atoms with van der Waals surface area (Å²) in [5.41, 5.74) is 1.18. The van der Waals surface area contributed by atoms with Gasteiger partial charge in [0.25, 0.3) is 0 Å². The number of carboxylic acids is 1. The average molecular weight is 449 g/mol. The maximum absolute atomic E-state index is 11.5. The van der Waals surface area contributed by atoms with Crippen LogP contribution in [0.4, 0.5) is 0 Å². The normalized spacial score (nSPS) is 12.9. The van der Waals surface area contributed by atoms with Crippen molar-refractivity contribution < 1.29 is 24.2 Å². The molecule has 182 valence electrons. The minimum Gasteiger partial charge on any atom is -0.481 e. The number of carboxylic acid groups (broad SMARTS) is 1. The number of hydrogen-bond donors (Lipinski definition) is 1. The van der Waals surface area contributed by atoms with Gasteiger partial charge in [0.1, 0.15) is 6.10 Å². The van der Waals surface area contributed by atoms with Crippen molar-refractivity contribution in [2.45, 2.75) is 123 Å². The van der Waals surface area contributed by atoms with E-state index in [0.717, 1.165) is 51.4 Å². The molecule has 32 heavy (non-hydrogen) atoms. The van der Waals surface area contributed by atoms with Gasteiger partial charge in [-0.2, -0.15) is 0 Å². The van der Waals surface area contributed by atoms with Crippen molar-refractivity contribution in [2.75, 3.05) is 0 Å². The molecule has 0 bridgehead atoms. The Balaban J connectivity index is 2.15. The van der Waals surface area contributed by atoms with Gasteiger partial charge in [-0.1, -0.05) is 82.2 Å². The first kappa shape index (κ1) is 28.2. The molecule has 1 N–H and O–H groups in total. The SMILES string of the molecule is CCC(CCC(CCCCCCCCCCCC(=O)O)OC(C)=O)OCc1ccccc1. The van der Waals surface area contributed by atoms with Gasteiger partial charge in [-0.05, 0) is 44.1 Å². The monoisotopic (exact) mass is 448 g/mol. The summed E-state index contributed by atoms with van der Waals surface area (Å²) in [4.78, 5) is 22.0. The second-order valence-corrected chi connectivity index (χ2v) is 8.75. The number of aliphatic carboxylic acids is 1. The zero-order chi connectivity index (χ0) is 23.4. The third kappa shape index (κ3) is 15.9. The predicted octanol–water partition coefficient (Wildman–Crippen LogP) is 7.07. The van der Waals surface area contributed by atoms with E-state index in [1.54, 1.807) is 0 Å². The molecular formula is C27H44O5. The van der Waals surface area contributed by atoms with E-state index in [1.807, 2.05) is 18.2 Å². The molecule has 2 unspecified atom stereocenters. The molecule has 1 aromatic carbocycles. The van der Waals surface area contributed by atoms with Gasteiger partial charge >= 0.3 is 11.9 Å². The summed E-state index contributed by atoms with van der Waals surface area (Å²) in [6.45, 7) is 4.26. The van der Waals surface area contributed by atoms with E-state index >= 15 is 0 Å². The number of ether oxygens (including phenoxy) is 2. The van der Waals surface area contributed by atoms with Crippen LogP contribution in [-0.4, -0.2) is 29.3 Å². The Morgan fingerprint density at radius 1 is 0.812 bits per heavy atom. The highest BCUT2D eigenvalue weighted by Gasteiger charge is 2.15. The van der Waals surface area contributed by atoms with E-state index in [1.165, 1.54) is 44.6 Å². The molecule has 0 amide bonds. The average Bonchev–Trinajstić information content (AvgIpc) is 2.77. The number of benzene rings is 1. The first-order valence-electron chi connectivity index (χ1n) is 12.6. The van der Waals surface area contributed by atoms with Crippen LogP contribution in [0, 0.1) is 0 Å². The van der Waals surface area contributed by atoms with Crippen molar-refractivity contribution in [3.05, 3.63) is 35.9 Å². The maximum Gasteiger partial charge on any atom is 0.303 e. The first-order chi connectivity index (χ1) is 15.5. The summed E-state index contributed by atoms with van der Waals surface area (Å²) in [6.07, 6.45) is 14.1. The quantitative estimate of drug-likeness (QED) is 0.171. The molecule has 0 aliphatic carbocycles. The number of carbonyl (C=O) groups is 2. The molecule has 0 heterocycles. The highest BCUT2D eigenvalue weighted by atomic mass is 16.5. The Morgan fingerprint density at radius 2 is 1.38 bits per heavy atom. The Labute approximate surface area is 194 Å². The number of rotatable bonds is 20. The van der Waals surface area contributed by atoms with Crippen molar-refractivity contribution in [1.29, 1.82) is 0 Å². The second-order valence-electron chi connectivity index (χ2n) is 8.75. The highest BCUT2D eigenvalue weighted by Crippen LogP contribution is 2.19. The summed E-state index contributed by atoms with van der Waals surface area (Å²) in [6, 6.07) is 10.2. The lowest BCUT2D eigenvalue weighted by atomic mass is 10.0. The predicted molar refractivity (Wildman–Crippen MR) is 129 cm³/mol. The Morgan fingerprint density at radius 3 is 1.94 bits per heavy atom. The van der Waals surface area contributed by atoms with Crippen LogP contribution in [0.3, 0.4) is 0 Å². The van der Waals surface area contributed by atoms with Gasteiger partial charge in [0, 0.05) is 13.3 Å². The molecule has 0 aliphatic heterocycles. The van der Waals surface area contributed by atoms with Crippen molar-refractivity contribution in [2.24, 2.45) is 0 Å². The summed E-state index contributed by atoms with van der Waals surface area (Å²) in [7, 11) is 0. The molecule has 0 spiro atoms. The van der Waals surface area contributed by atoms with Gasteiger partial charge in [-0.15, -0.1) is 0 Å². The Hall–Kier alpha value is -1.88. The van der Waals surface area contributed by atoms with Crippen LogP contribution in [0.5, 0.6) is 0 Å². The topological polar surface area (TPSA) is 72.8 Å². The number of hydrogen-bond acceptors (Lipinski definition) is 4. The summed E-state index contributed by atoms with van der Waals surface area (Å²) >= 11 is 0. The largest absolute Gasteiger partial charge is 0.481 e. The standard InChI is InChI=1S/C27H44O5/c1-3-25(31-22-24-16-12-11-13-17-24)20-21-26(32-23(2)28)18-14-9-7-5-4-6-8-10-15-19-27(29)30/h11-13,16-17,25-26H,3-10,14-15,18-22H2,1-2H3,(H,29,30). The van der Waals surface area contributed by atoms with Crippen molar-refractivity contribution in [1.82, 2.24) is 0 Å². The zero-order valence-corrected chi connectivity index (χ0v) is 20.2. The molecule has 1 aromatic rings. The lowest BCUT2D eigenvalue weighted by Gasteiger charge is -2.21. The molecule has 0 saturated heterocycles. The Kier molecular flexibility index (Phi) is 16.4. The summed E-state index contributed by atoms with van der Waals surface area (Å²) in [5, 5.41) is 8.63. The number of carbonyl (C=O) groups excluding carboxylic acids is 1. The van der Waals surface area contributed by atoms with Crippen LogP contribution in [-0.2, 0) is 25.7 Å².